The summed E-state index contributed by atoms with van der Waals surface area (Å²) in [7, 11) is 0. The first kappa shape index (κ1) is 13.6. The van der Waals surface area contributed by atoms with Gasteiger partial charge in [-0.15, -0.1) is 0 Å². The summed E-state index contributed by atoms with van der Waals surface area (Å²) in [6.45, 7) is 0.682. The lowest BCUT2D eigenvalue weighted by Gasteiger charge is -2.28. The van der Waals surface area contributed by atoms with Gasteiger partial charge in [0.25, 0.3) is 0 Å². The molecule has 7 heteroatoms. The van der Waals surface area contributed by atoms with Crippen molar-refractivity contribution in [3.63, 3.8) is 0 Å². The third-order valence-corrected chi connectivity index (χ3v) is 3.91. The van der Waals surface area contributed by atoms with Crippen LogP contribution in [0.2, 0.25) is 0 Å². The van der Waals surface area contributed by atoms with E-state index in [2.05, 4.69) is 5.32 Å². The van der Waals surface area contributed by atoms with Gasteiger partial charge in [-0.1, -0.05) is 0 Å². The van der Waals surface area contributed by atoms with E-state index in [1.165, 1.54) is 0 Å². The third kappa shape index (κ3) is 3.15. The lowest BCUT2D eigenvalue weighted by atomic mass is 10.1. The van der Waals surface area contributed by atoms with Gasteiger partial charge in [-0.25, -0.2) is 9.59 Å². The second kappa shape index (κ2) is 5.46. The van der Waals surface area contributed by atoms with Gasteiger partial charge in [0.1, 0.15) is 6.04 Å². The zero-order valence-corrected chi connectivity index (χ0v) is 10.5. The lowest BCUT2D eigenvalue weighted by Crippen LogP contribution is -2.50. The average molecular weight is 270 g/mol. The molecule has 2 rings (SSSR count). The average Bonchev–Trinajstić information content (AvgIpc) is 2.95. The quantitative estimate of drug-likeness (QED) is 0.674. The van der Waals surface area contributed by atoms with Gasteiger partial charge in [0.2, 0.25) is 0 Å². The zero-order chi connectivity index (χ0) is 14.0. The summed E-state index contributed by atoms with van der Waals surface area (Å²) < 4.78 is 0. The van der Waals surface area contributed by atoms with Crippen molar-refractivity contribution < 1.29 is 24.6 Å². The summed E-state index contributed by atoms with van der Waals surface area (Å²) >= 11 is 0. The monoisotopic (exact) mass is 270 g/mol. The number of fused-ring (bicyclic) bond motifs is 2. The molecule has 7 nitrogen and oxygen atoms in total. The van der Waals surface area contributed by atoms with E-state index in [1.54, 1.807) is 4.90 Å². The van der Waals surface area contributed by atoms with Crippen LogP contribution in [0.4, 0.5) is 4.79 Å². The molecule has 0 aromatic rings. The molecule has 0 radical (unpaired) electrons. The number of carboxylic acid groups (broad SMARTS) is 2. The molecule has 0 aromatic carbocycles. The van der Waals surface area contributed by atoms with Gasteiger partial charge in [0, 0.05) is 19.0 Å². The van der Waals surface area contributed by atoms with E-state index in [4.69, 9.17) is 10.2 Å². The molecule has 1 aliphatic heterocycles. The number of urea groups is 1. The van der Waals surface area contributed by atoms with E-state index in [0.29, 0.717) is 12.5 Å². The fourth-order valence-corrected chi connectivity index (χ4v) is 2.93. The van der Waals surface area contributed by atoms with Crippen molar-refractivity contribution in [2.75, 3.05) is 6.54 Å². The maximum absolute atomic E-state index is 12.0. The van der Waals surface area contributed by atoms with Crippen LogP contribution < -0.4 is 5.32 Å². The number of carboxylic acids is 2. The molecule has 0 aromatic heterocycles. The number of piperidine rings is 1. The number of carbonyl (C=O) groups excluding carboxylic acids is 1. The number of hydrogen-bond acceptors (Lipinski definition) is 3. The van der Waals surface area contributed by atoms with Crippen molar-refractivity contribution in [3.05, 3.63) is 0 Å². The molecular weight excluding hydrogens is 252 g/mol. The smallest absolute Gasteiger partial charge is 0.326 e. The van der Waals surface area contributed by atoms with E-state index in [-0.39, 0.29) is 24.9 Å². The van der Waals surface area contributed by atoms with Gasteiger partial charge in [0.05, 0.1) is 0 Å². The van der Waals surface area contributed by atoms with Gasteiger partial charge in [-0.05, 0) is 31.6 Å². The zero-order valence-electron chi connectivity index (χ0n) is 10.5. The highest BCUT2D eigenvalue weighted by atomic mass is 16.4. The summed E-state index contributed by atoms with van der Waals surface area (Å²) in [5.74, 6) is -1.72. The molecule has 2 fully saturated rings. The number of nitrogens with one attached hydrogen (secondary N) is 1. The van der Waals surface area contributed by atoms with E-state index >= 15 is 0 Å². The van der Waals surface area contributed by atoms with Crippen molar-refractivity contribution >= 4 is 18.0 Å². The van der Waals surface area contributed by atoms with E-state index in [9.17, 15) is 14.4 Å². The summed E-state index contributed by atoms with van der Waals surface area (Å²) in [5.41, 5.74) is 0. The first-order valence-corrected chi connectivity index (χ1v) is 6.49. The number of hydrogen-bond donors (Lipinski definition) is 3. The molecule has 0 spiro atoms. The highest BCUT2D eigenvalue weighted by Crippen LogP contribution is 2.37. The van der Waals surface area contributed by atoms with Crippen LogP contribution in [-0.4, -0.2) is 51.7 Å². The van der Waals surface area contributed by atoms with E-state index < -0.39 is 18.0 Å². The number of amides is 2. The minimum atomic E-state index is -1.20. The minimum absolute atomic E-state index is 0.0989. The molecule has 2 bridgehead atoms. The Hall–Kier alpha value is -1.79. The normalized spacial score (nSPS) is 26.2. The molecule has 1 heterocycles. The molecule has 2 amide bonds. The largest absolute Gasteiger partial charge is 0.481 e. The Morgan fingerprint density at radius 1 is 1.26 bits per heavy atom. The number of likely N-dealkylation sites (tertiary alicyclic amines) is 1. The molecule has 3 unspecified atom stereocenters. The second-order valence-corrected chi connectivity index (χ2v) is 5.26. The highest BCUT2D eigenvalue weighted by Gasteiger charge is 2.41. The van der Waals surface area contributed by atoms with Crippen LogP contribution in [0.1, 0.15) is 32.1 Å². The molecule has 19 heavy (non-hydrogen) atoms. The third-order valence-electron chi connectivity index (χ3n) is 3.91. The number of aliphatic carboxylic acids is 2. The summed E-state index contributed by atoms with van der Waals surface area (Å²) in [5, 5.41) is 20.0. The maximum Gasteiger partial charge on any atom is 0.326 e. The van der Waals surface area contributed by atoms with Crippen LogP contribution in [0, 0.1) is 5.92 Å². The van der Waals surface area contributed by atoms with Crippen molar-refractivity contribution in [3.8, 4) is 0 Å². The minimum Gasteiger partial charge on any atom is -0.481 e. The number of nitrogens with zero attached hydrogens (tertiary/aromatic N) is 1. The standard InChI is InChI=1S/C12H18N2O5/c15-10(16)4-3-9(11(17)18)13-12(19)14-6-7-1-2-8(14)5-7/h7-9H,1-6H2,(H,13,19)(H,15,16)(H,17,18). The fourth-order valence-electron chi connectivity index (χ4n) is 2.93. The van der Waals surface area contributed by atoms with Crippen molar-refractivity contribution in [1.82, 2.24) is 10.2 Å². The summed E-state index contributed by atoms with van der Waals surface area (Å²) in [6, 6.07) is -1.30. The van der Waals surface area contributed by atoms with Crippen LogP contribution in [0.5, 0.6) is 0 Å². The number of rotatable bonds is 5. The van der Waals surface area contributed by atoms with Crippen LogP contribution in [0.15, 0.2) is 0 Å². The summed E-state index contributed by atoms with van der Waals surface area (Å²) in [6.07, 6.45) is 2.74. The maximum atomic E-state index is 12.0. The first-order chi connectivity index (χ1) is 8.97. The van der Waals surface area contributed by atoms with Crippen molar-refractivity contribution in [1.29, 1.82) is 0 Å². The molecule has 1 aliphatic carbocycles. The summed E-state index contributed by atoms with van der Waals surface area (Å²) in [4.78, 5) is 35.1. The molecule has 3 atom stereocenters. The molecule has 3 N–H and O–H groups in total. The topological polar surface area (TPSA) is 107 Å². The fraction of sp³-hybridized carbons (Fsp3) is 0.750. The van der Waals surface area contributed by atoms with Gasteiger partial charge in [-0.2, -0.15) is 0 Å². The molecule has 1 saturated heterocycles. The Morgan fingerprint density at radius 2 is 2.00 bits per heavy atom. The van der Waals surface area contributed by atoms with Gasteiger partial charge >= 0.3 is 18.0 Å². The van der Waals surface area contributed by atoms with Crippen LogP contribution >= 0.6 is 0 Å². The molecule has 1 saturated carbocycles. The van der Waals surface area contributed by atoms with Crippen LogP contribution in [0.3, 0.4) is 0 Å². The molecule has 2 aliphatic rings. The Kier molecular flexibility index (Phi) is 3.92. The predicted octanol–water partition coefficient (Wildman–Crippen LogP) is 0.498. The van der Waals surface area contributed by atoms with Crippen molar-refractivity contribution in [2.24, 2.45) is 5.92 Å². The van der Waals surface area contributed by atoms with Crippen LogP contribution in [-0.2, 0) is 9.59 Å². The SMILES string of the molecule is O=C(O)CCC(NC(=O)N1CC2CCC1C2)C(=O)O. The Balaban J connectivity index is 1.88. The molecule has 106 valence electrons. The van der Waals surface area contributed by atoms with E-state index in [0.717, 1.165) is 19.3 Å². The lowest BCUT2D eigenvalue weighted by molar-refractivity contribution is -0.140. The van der Waals surface area contributed by atoms with Crippen LogP contribution in [0.25, 0.3) is 0 Å². The second-order valence-electron chi connectivity index (χ2n) is 5.26. The Morgan fingerprint density at radius 3 is 2.47 bits per heavy atom. The Bertz CT molecular complexity index is 398. The predicted molar refractivity (Wildman–Crippen MR) is 64.7 cm³/mol. The first-order valence-electron chi connectivity index (χ1n) is 6.49. The number of carbonyl (C=O) groups is 3. The molecular formula is C12H18N2O5. The van der Waals surface area contributed by atoms with E-state index in [1.807, 2.05) is 0 Å². The van der Waals surface area contributed by atoms with Gasteiger partial charge < -0.3 is 20.4 Å². The van der Waals surface area contributed by atoms with Gasteiger partial charge in [-0.3, -0.25) is 4.79 Å². The Labute approximate surface area is 110 Å². The highest BCUT2D eigenvalue weighted by molar-refractivity contribution is 5.83. The van der Waals surface area contributed by atoms with Crippen molar-refractivity contribution in [2.45, 2.75) is 44.2 Å². The van der Waals surface area contributed by atoms with Gasteiger partial charge in [0.15, 0.2) is 0 Å².